The van der Waals surface area contributed by atoms with Crippen molar-refractivity contribution in [2.24, 2.45) is 12.8 Å². The largest absolute Gasteiger partial charge is 0.468 e. The van der Waals surface area contributed by atoms with Crippen LogP contribution in [0.2, 0.25) is 0 Å². The van der Waals surface area contributed by atoms with Crippen LogP contribution in [0.4, 0.5) is 0 Å². The molecule has 6 heteroatoms. The van der Waals surface area contributed by atoms with Crippen LogP contribution in [0.25, 0.3) is 0 Å². The molecular formula is C10H17N3O2S. The van der Waals surface area contributed by atoms with E-state index in [-0.39, 0.29) is 5.97 Å². The maximum absolute atomic E-state index is 11.3. The normalized spacial score (nSPS) is 14.5. The van der Waals surface area contributed by atoms with Gasteiger partial charge in [0.15, 0.2) is 5.16 Å². The van der Waals surface area contributed by atoms with Gasteiger partial charge in [-0.3, -0.25) is 4.79 Å². The van der Waals surface area contributed by atoms with Crippen molar-refractivity contribution < 1.29 is 9.53 Å². The lowest BCUT2D eigenvalue weighted by molar-refractivity contribution is -0.146. The zero-order valence-corrected chi connectivity index (χ0v) is 10.6. The van der Waals surface area contributed by atoms with Gasteiger partial charge < -0.3 is 15.0 Å². The van der Waals surface area contributed by atoms with Crippen LogP contribution in [0.5, 0.6) is 0 Å². The highest BCUT2D eigenvalue weighted by molar-refractivity contribution is 7.99. The molecule has 1 heterocycles. The zero-order valence-electron chi connectivity index (χ0n) is 9.77. The lowest BCUT2D eigenvalue weighted by atomic mass is 10.0. The molecule has 0 saturated heterocycles. The third kappa shape index (κ3) is 3.24. The summed E-state index contributed by atoms with van der Waals surface area (Å²) < 4.78 is 6.56. The van der Waals surface area contributed by atoms with Crippen molar-refractivity contribution in [1.82, 2.24) is 9.55 Å². The van der Waals surface area contributed by atoms with Gasteiger partial charge in [0, 0.05) is 25.2 Å². The predicted molar refractivity (Wildman–Crippen MR) is 63.2 cm³/mol. The van der Waals surface area contributed by atoms with Crippen LogP contribution >= 0.6 is 11.8 Å². The van der Waals surface area contributed by atoms with Crippen molar-refractivity contribution in [3.05, 3.63) is 12.4 Å². The molecule has 1 aromatic heterocycles. The van der Waals surface area contributed by atoms with Gasteiger partial charge in [-0.15, -0.1) is 0 Å². The Hall–Kier alpha value is -1.01. The van der Waals surface area contributed by atoms with Crippen molar-refractivity contribution in [2.75, 3.05) is 12.9 Å². The topological polar surface area (TPSA) is 70.1 Å². The zero-order chi connectivity index (χ0) is 12.2. The van der Waals surface area contributed by atoms with E-state index in [0.29, 0.717) is 6.42 Å². The van der Waals surface area contributed by atoms with Crippen LogP contribution in [-0.2, 0) is 16.6 Å². The molecule has 0 aliphatic carbocycles. The number of esters is 1. The van der Waals surface area contributed by atoms with Gasteiger partial charge in [0.2, 0.25) is 0 Å². The SMILES string of the molecule is COC(=O)C(C)(N)CCSc1nccn1C. The van der Waals surface area contributed by atoms with E-state index >= 15 is 0 Å². The lowest BCUT2D eigenvalue weighted by Gasteiger charge is -2.20. The van der Waals surface area contributed by atoms with Crippen LogP contribution in [0, 0.1) is 0 Å². The Morgan fingerprint density at radius 2 is 2.44 bits per heavy atom. The Morgan fingerprint density at radius 1 is 1.75 bits per heavy atom. The first-order chi connectivity index (χ1) is 7.47. The Labute approximate surface area is 99.4 Å². The molecule has 2 N–H and O–H groups in total. The molecule has 5 nitrogen and oxygen atoms in total. The fourth-order valence-corrected chi connectivity index (χ4v) is 2.29. The van der Waals surface area contributed by atoms with Crippen LogP contribution in [0.1, 0.15) is 13.3 Å². The van der Waals surface area contributed by atoms with Gasteiger partial charge >= 0.3 is 5.97 Å². The van der Waals surface area contributed by atoms with E-state index in [9.17, 15) is 4.79 Å². The quantitative estimate of drug-likeness (QED) is 0.611. The summed E-state index contributed by atoms with van der Waals surface area (Å²) in [5.41, 5.74) is 4.91. The number of nitrogens with two attached hydrogens (primary N) is 1. The number of hydrogen-bond donors (Lipinski definition) is 1. The van der Waals surface area contributed by atoms with E-state index in [0.717, 1.165) is 10.9 Å². The van der Waals surface area contributed by atoms with Crippen LogP contribution in [0.15, 0.2) is 17.6 Å². The summed E-state index contributed by atoms with van der Waals surface area (Å²) in [6, 6.07) is 0. The van der Waals surface area contributed by atoms with Crippen molar-refractivity contribution >= 4 is 17.7 Å². The summed E-state index contributed by atoms with van der Waals surface area (Å²) in [6.45, 7) is 1.68. The predicted octanol–water partition coefficient (Wildman–Crippen LogP) is 0.793. The molecule has 1 rings (SSSR count). The van der Waals surface area contributed by atoms with Gasteiger partial charge in [-0.2, -0.15) is 0 Å². The third-order valence-electron chi connectivity index (χ3n) is 2.28. The second-order valence-corrected chi connectivity index (χ2v) is 4.89. The number of carbonyl (C=O) groups excluding carboxylic acids is 1. The van der Waals surface area contributed by atoms with Gasteiger partial charge in [0.25, 0.3) is 0 Å². The number of carbonyl (C=O) groups is 1. The summed E-state index contributed by atoms with van der Waals surface area (Å²) in [4.78, 5) is 15.5. The number of aromatic nitrogens is 2. The molecule has 0 fully saturated rings. The van der Waals surface area contributed by atoms with Crippen LogP contribution in [-0.4, -0.2) is 33.9 Å². The molecule has 0 radical (unpaired) electrons. The Morgan fingerprint density at radius 3 is 2.94 bits per heavy atom. The second kappa shape index (κ2) is 5.36. The molecule has 0 aliphatic heterocycles. The van der Waals surface area contributed by atoms with Gasteiger partial charge in [-0.25, -0.2) is 4.98 Å². The van der Waals surface area contributed by atoms with Crippen molar-refractivity contribution in [3.8, 4) is 0 Å². The van der Waals surface area contributed by atoms with E-state index in [1.54, 1.807) is 24.9 Å². The van der Waals surface area contributed by atoms with Gasteiger partial charge in [-0.1, -0.05) is 11.8 Å². The lowest BCUT2D eigenvalue weighted by Crippen LogP contribution is -2.46. The number of imidazole rings is 1. The average molecular weight is 243 g/mol. The molecule has 0 saturated carbocycles. The van der Waals surface area contributed by atoms with Crippen molar-refractivity contribution in [1.29, 1.82) is 0 Å². The van der Waals surface area contributed by atoms with Crippen molar-refractivity contribution in [2.45, 2.75) is 24.0 Å². The molecule has 1 unspecified atom stereocenters. The second-order valence-electron chi connectivity index (χ2n) is 3.83. The first-order valence-corrected chi connectivity index (χ1v) is 5.93. The Balaban J connectivity index is 2.41. The number of thioether (sulfide) groups is 1. The van der Waals surface area contributed by atoms with E-state index < -0.39 is 5.54 Å². The molecule has 0 spiro atoms. The van der Waals surface area contributed by atoms with E-state index in [1.165, 1.54) is 7.11 Å². The average Bonchev–Trinajstić information content (AvgIpc) is 2.63. The van der Waals surface area contributed by atoms with Gasteiger partial charge in [0.1, 0.15) is 5.54 Å². The maximum Gasteiger partial charge on any atom is 0.325 e. The number of hydrogen-bond acceptors (Lipinski definition) is 5. The number of aryl methyl sites for hydroxylation is 1. The van der Waals surface area contributed by atoms with E-state index in [1.807, 2.05) is 17.8 Å². The van der Waals surface area contributed by atoms with Crippen LogP contribution < -0.4 is 5.73 Å². The molecule has 1 aromatic rings. The van der Waals surface area contributed by atoms with E-state index in [4.69, 9.17) is 5.73 Å². The minimum absolute atomic E-state index is 0.382. The molecule has 0 bridgehead atoms. The molecule has 90 valence electrons. The summed E-state index contributed by atoms with van der Waals surface area (Å²) in [5.74, 6) is 0.348. The van der Waals surface area contributed by atoms with E-state index in [2.05, 4.69) is 9.72 Å². The minimum Gasteiger partial charge on any atom is -0.468 e. The van der Waals surface area contributed by atoms with Crippen LogP contribution in [0.3, 0.4) is 0 Å². The highest BCUT2D eigenvalue weighted by Crippen LogP contribution is 2.19. The number of methoxy groups -OCH3 is 1. The third-order valence-corrected chi connectivity index (χ3v) is 3.34. The monoisotopic (exact) mass is 243 g/mol. The number of ether oxygens (including phenoxy) is 1. The smallest absolute Gasteiger partial charge is 0.325 e. The first-order valence-electron chi connectivity index (χ1n) is 4.95. The Bertz CT molecular complexity index is 363. The molecule has 1 atom stereocenters. The number of nitrogens with zero attached hydrogens (tertiary/aromatic N) is 2. The molecule has 0 aliphatic rings. The molecule has 0 aromatic carbocycles. The minimum atomic E-state index is -0.924. The summed E-state index contributed by atoms with van der Waals surface area (Å²) >= 11 is 1.57. The highest BCUT2D eigenvalue weighted by atomic mass is 32.2. The Kier molecular flexibility index (Phi) is 4.37. The fraction of sp³-hybridized carbons (Fsp3) is 0.600. The number of rotatable bonds is 5. The van der Waals surface area contributed by atoms with Gasteiger partial charge in [0.05, 0.1) is 7.11 Å². The molecule has 0 amide bonds. The van der Waals surface area contributed by atoms with Crippen molar-refractivity contribution in [3.63, 3.8) is 0 Å². The molecular weight excluding hydrogens is 226 g/mol. The summed E-state index contributed by atoms with van der Waals surface area (Å²) in [5, 5.41) is 0.917. The summed E-state index contributed by atoms with van der Waals surface area (Å²) in [6.07, 6.45) is 4.17. The molecule has 16 heavy (non-hydrogen) atoms. The fourth-order valence-electron chi connectivity index (χ4n) is 1.18. The summed E-state index contributed by atoms with van der Waals surface area (Å²) in [7, 11) is 3.27. The highest BCUT2D eigenvalue weighted by Gasteiger charge is 2.28. The first kappa shape index (κ1) is 13.1. The van der Waals surface area contributed by atoms with Gasteiger partial charge in [-0.05, 0) is 13.3 Å². The maximum atomic E-state index is 11.3. The standard InChI is InChI=1S/C10H17N3O2S/c1-10(11,8(14)15-3)4-7-16-9-12-5-6-13(9)2/h5-6H,4,7,11H2,1-3H3.